The van der Waals surface area contributed by atoms with E-state index >= 15 is 0 Å². The molecule has 1 aliphatic rings. The van der Waals surface area contributed by atoms with Gasteiger partial charge >= 0.3 is 0 Å². The quantitative estimate of drug-likeness (QED) is 0.542. The summed E-state index contributed by atoms with van der Waals surface area (Å²) in [5.74, 6) is 2.85. The van der Waals surface area contributed by atoms with Gasteiger partial charge in [-0.2, -0.15) is 7.05 Å². The maximum atomic E-state index is 5.25. The van der Waals surface area contributed by atoms with E-state index < -0.39 is 0 Å². The molecule has 0 aliphatic carbocycles. The van der Waals surface area contributed by atoms with Crippen molar-refractivity contribution in [3.63, 3.8) is 0 Å². The normalized spacial score (nSPS) is 28.3. The van der Waals surface area contributed by atoms with Gasteiger partial charge < -0.3 is 10.1 Å². The van der Waals surface area contributed by atoms with Crippen molar-refractivity contribution in [1.82, 2.24) is 0 Å². The number of quaternary nitrogens is 1. The van der Waals surface area contributed by atoms with Crippen molar-refractivity contribution >= 4 is 11.8 Å². The third-order valence-corrected chi connectivity index (χ3v) is 2.41. The largest absolute Gasteiger partial charge is 0.479 e. The van der Waals surface area contributed by atoms with Crippen LogP contribution in [0.5, 0.6) is 0 Å². The van der Waals surface area contributed by atoms with Gasteiger partial charge in [0, 0.05) is 11.7 Å². The summed E-state index contributed by atoms with van der Waals surface area (Å²) in [5, 5.41) is 1.97. The lowest BCUT2D eigenvalue weighted by atomic mass is 10.2. The van der Waals surface area contributed by atoms with E-state index in [2.05, 4.69) is 7.05 Å². The summed E-state index contributed by atoms with van der Waals surface area (Å²) in [5.41, 5.74) is 0. The van der Waals surface area contributed by atoms with E-state index in [1.165, 1.54) is 5.75 Å². The summed E-state index contributed by atoms with van der Waals surface area (Å²) >= 11 is 1.87. The van der Waals surface area contributed by atoms with Crippen LogP contribution in [-0.4, -0.2) is 24.8 Å². The van der Waals surface area contributed by atoms with Gasteiger partial charge in [0.05, 0.1) is 19.1 Å². The predicted molar refractivity (Wildman–Crippen MR) is 38.9 cm³/mol. The molecule has 1 aliphatic heterocycles. The van der Waals surface area contributed by atoms with Gasteiger partial charge in [0.2, 0.25) is 0 Å². The molecule has 54 valence electrons. The minimum absolute atomic E-state index is 0.723. The van der Waals surface area contributed by atoms with Crippen LogP contribution in [0.25, 0.3) is 0 Å². The van der Waals surface area contributed by atoms with E-state index in [0.717, 1.165) is 25.0 Å². The van der Waals surface area contributed by atoms with Crippen molar-refractivity contribution in [2.24, 2.45) is 5.92 Å². The average molecular weight is 147 g/mol. The Morgan fingerprint density at radius 1 is 1.78 bits per heavy atom. The Labute approximate surface area is 60.3 Å². The van der Waals surface area contributed by atoms with Crippen LogP contribution < -0.4 is 5.32 Å². The van der Waals surface area contributed by atoms with Crippen LogP contribution in [-0.2, 0) is 4.74 Å². The van der Waals surface area contributed by atoms with Crippen molar-refractivity contribution < 1.29 is 10.1 Å². The van der Waals surface area contributed by atoms with Crippen LogP contribution in [0.15, 0.2) is 0 Å². The van der Waals surface area contributed by atoms with E-state index in [-0.39, 0.29) is 0 Å². The fraction of sp³-hybridized carbons (Fsp3) is 0.833. The van der Waals surface area contributed by atoms with Crippen molar-refractivity contribution in [2.75, 3.05) is 24.8 Å². The number of hydrogen-bond donors (Lipinski definition) is 1. The van der Waals surface area contributed by atoms with Gasteiger partial charge in [0.1, 0.15) is 0 Å². The molecule has 2 nitrogen and oxygen atoms in total. The highest BCUT2D eigenvalue weighted by Crippen LogP contribution is 2.14. The standard InChI is InChI=1S/C6H13NOS/c1-7-2-6-3-8-5-9-4-6/h6H,1-5,7H2. The van der Waals surface area contributed by atoms with E-state index in [4.69, 9.17) is 4.74 Å². The molecular formula is C6H13NOS. The Bertz CT molecular complexity index is 70.7. The third-order valence-electron chi connectivity index (χ3n) is 1.37. The molecule has 1 fully saturated rings. The lowest BCUT2D eigenvalue weighted by Gasteiger charge is -2.20. The Morgan fingerprint density at radius 3 is 3.22 bits per heavy atom. The van der Waals surface area contributed by atoms with Crippen molar-refractivity contribution in [3.8, 4) is 0 Å². The van der Waals surface area contributed by atoms with Crippen molar-refractivity contribution in [2.45, 2.75) is 0 Å². The molecule has 1 atom stereocenters. The Hall–Kier alpha value is 0.270. The molecule has 2 N–H and O–H groups in total. The second-order valence-corrected chi connectivity index (χ2v) is 3.23. The summed E-state index contributed by atoms with van der Waals surface area (Å²) in [6.45, 7) is 2.03. The second-order valence-electron chi connectivity index (χ2n) is 2.25. The minimum Gasteiger partial charge on any atom is -0.479 e. The molecule has 0 bridgehead atoms. The van der Waals surface area contributed by atoms with Gasteiger partial charge in [-0.3, -0.25) is 0 Å². The van der Waals surface area contributed by atoms with Crippen molar-refractivity contribution in [1.29, 1.82) is 0 Å². The highest BCUT2D eigenvalue weighted by molar-refractivity contribution is 7.99. The van der Waals surface area contributed by atoms with E-state index in [1.54, 1.807) is 0 Å². The van der Waals surface area contributed by atoms with Crippen LogP contribution in [0, 0.1) is 13.0 Å². The molecule has 0 radical (unpaired) electrons. The fourth-order valence-corrected chi connectivity index (χ4v) is 1.78. The van der Waals surface area contributed by atoms with E-state index in [0.29, 0.717) is 0 Å². The van der Waals surface area contributed by atoms with Gasteiger partial charge in [-0.05, 0) is 0 Å². The molecule has 1 saturated heterocycles. The topological polar surface area (TPSA) is 25.8 Å². The summed E-state index contributed by atoms with van der Waals surface area (Å²) in [7, 11) is 3.69. The number of nitrogens with two attached hydrogens (primary N) is 1. The highest BCUT2D eigenvalue weighted by atomic mass is 32.2. The van der Waals surface area contributed by atoms with Gasteiger partial charge in [-0.25, -0.2) is 0 Å². The molecular weight excluding hydrogens is 134 g/mol. The molecule has 1 unspecified atom stereocenters. The van der Waals surface area contributed by atoms with Gasteiger partial charge in [-0.15, -0.1) is 11.8 Å². The third kappa shape index (κ3) is 2.56. The molecule has 0 aromatic rings. The Balaban J connectivity index is 2.08. The fourth-order valence-electron chi connectivity index (χ4n) is 0.908. The molecule has 0 amide bonds. The molecule has 9 heavy (non-hydrogen) atoms. The highest BCUT2D eigenvalue weighted by Gasteiger charge is 2.13. The van der Waals surface area contributed by atoms with Crippen molar-refractivity contribution in [3.05, 3.63) is 7.05 Å². The molecule has 0 saturated carbocycles. The number of ether oxygens (including phenoxy) is 1. The first-order valence-electron chi connectivity index (χ1n) is 3.20. The number of thioether (sulfide) groups is 1. The second kappa shape index (κ2) is 4.14. The van der Waals surface area contributed by atoms with Gasteiger partial charge in [0.25, 0.3) is 0 Å². The molecule has 1 rings (SSSR count). The SMILES string of the molecule is [CH2-][NH2+]CC1COCSC1. The lowest BCUT2D eigenvalue weighted by Crippen LogP contribution is -2.79. The number of hydrogen-bond acceptors (Lipinski definition) is 2. The van der Waals surface area contributed by atoms with Crippen LogP contribution in [0.2, 0.25) is 0 Å². The zero-order valence-corrected chi connectivity index (χ0v) is 6.32. The summed E-state index contributed by atoms with van der Waals surface area (Å²) in [6.07, 6.45) is 0. The Kier molecular flexibility index (Phi) is 3.40. The maximum absolute atomic E-state index is 5.25. The molecule has 0 spiro atoms. The molecule has 3 heteroatoms. The number of rotatable bonds is 2. The first kappa shape index (κ1) is 7.38. The first-order valence-corrected chi connectivity index (χ1v) is 4.35. The predicted octanol–water partition coefficient (Wildman–Crippen LogP) is -0.322. The van der Waals surface area contributed by atoms with Crippen LogP contribution in [0.1, 0.15) is 0 Å². The molecule has 0 aromatic carbocycles. The van der Waals surface area contributed by atoms with E-state index in [1.807, 2.05) is 17.1 Å². The zero-order chi connectivity index (χ0) is 6.53. The average Bonchev–Trinajstić information content (AvgIpc) is 1.91. The Morgan fingerprint density at radius 2 is 2.67 bits per heavy atom. The summed E-state index contributed by atoms with van der Waals surface area (Å²) in [6, 6.07) is 0. The molecule has 1 heterocycles. The van der Waals surface area contributed by atoms with Gasteiger partial charge in [0.15, 0.2) is 0 Å². The van der Waals surface area contributed by atoms with Crippen LogP contribution >= 0.6 is 11.8 Å². The lowest BCUT2D eigenvalue weighted by molar-refractivity contribution is -0.601. The van der Waals surface area contributed by atoms with Crippen LogP contribution in [0.4, 0.5) is 0 Å². The van der Waals surface area contributed by atoms with Crippen LogP contribution in [0.3, 0.4) is 0 Å². The smallest absolute Gasteiger partial charge is 0.0921 e. The monoisotopic (exact) mass is 147 g/mol. The summed E-state index contributed by atoms with van der Waals surface area (Å²) < 4.78 is 5.25. The van der Waals surface area contributed by atoms with Gasteiger partial charge in [-0.1, -0.05) is 0 Å². The summed E-state index contributed by atoms with van der Waals surface area (Å²) in [4.78, 5) is 0. The zero-order valence-electron chi connectivity index (χ0n) is 5.51. The first-order chi connectivity index (χ1) is 4.43. The van der Waals surface area contributed by atoms with E-state index in [9.17, 15) is 0 Å². The maximum Gasteiger partial charge on any atom is 0.0921 e. The molecule has 0 aromatic heterocycles. The minimum atomic E-state index is 0.723.